The van der Waals surface area contributed by atoms with Gasteiger partial charge in [0, 0.05) is 25.0 Å². The van der Waals surface area contributed by atoms with Gasteiger partial charge in [-0.25, -0.2) is 0 Å². The normalized spacial score (nSPS) is 10.8. The van der Waals surface area contributed by atoms with Crippen molar-refractivity contribution < 1.29 is 4.79 Å². The number of nitriles is 1. The van der Waals surface area contributed by atoms with Crippen molar-refractivity contribution in [3.05, 3.63) is 35.0 Å². The molecule has 0 heterocycles. The third-order valence-corrected chi connectivity index (χ3v) is 3.04. The van der Waals surface area contributed by atoms with E-state index in [-0.39, 0.29) is 5.57 Å². The van der Waals surface area contributed by atoms with Gasteiger partial charge in [0.2, 0.25) is 0 Å². The Morgan fingerprint density at radius 1 is 1.50 bits per heavy atom. The van der Waals surface area contributed by atoms with Gasteiger partial charge in [0.15, 0.2) is 0 Å². The number of rotatable bonds is 5. The topological polar surface area (TPSA) is 82.2 Å². The quantitative estimate of drug-likeness (QED) is 0.496. The Balaban J connectivity index is 2.91. The number of carbonyl (C=O) groups is 1. The molecule has 0 bridgehead atoms. The Bertz CT molecular complexity index is 559. The molecule has 0 fully saturated rings. The Morgan fingerprint density at radius 2 is 2.15 bits per heavy atom. The van der Waals surface area contributed by atoms with Crippen molar-refractivity contribution in [2.45, 2.75) is 13.8 Å². The number of amides is 1. The molecule has 1 aromatic rings. The zero-order valence-corrected chi connectivity index (χ0v) is 12.2. The standard InChI is InChI=1S/C14H17ClN4O/c1-3-19(4-2)9-10(8-16)14(20)18-13-6-5-11(17)7-12(13)15/h5-7,9H,3-4,17H2,1-2H3,(H,18,20)/b10-9-. The lowest BCUT2D eigenvalue weighted by Crippen LogP contribution is -2.20. The van der Waals surface area contributed by atoms with Gasteiger partial charge in [-0.05, 0) is 32.0 Å². The van der Waals surface area contributed by atoms with Gasteiger partial charge in [0.1, 0.15) is 11.6 Å². The summed E-state index contributed by atoms with van der Waals surface area (Å²) in [6, 6.07) is 6.66. The number of nitrogens with zero attached hydrogens (tertiary/aromatic N) is 2. The van der Waals surface area contributed by atoms with Crippen LogP contribution < -0.4 is 11.1 Å². The summed E-state index contributed by atoms with van der Waals surface area (Å²) in [6.45, 7) is 5.34. The lowest BCUT2D eigenvalue weighted by Gasteiger charge is -2.15. The van der Waals surface area contributed by atoms with E-state index < -0.39 is 5.91 Å². The van der Waals surface area contributed by atoms with Gasteiger partial charge in [-0.2, -0.15) is 5.26 Å². The SMILES string of the molecule is CCN(/C=C(/C#N)C(=O)Nc1ccc(N)cc1Cl)CC. The third kappa shape index (κ3) is 4.18. The molecule has 3 N–H and O–H groups in total. The highest BCUT2D eigenvalue weighted by molar-refractivity contribution is 6.34. The molecule has 0 aromatic heterocycles. The van der Waals surface area contributed by atoms with Gasteiger partial charge in [-0.15, -0.1) is 0 Å². The van der Waals surface area contributed by atoms with Crippen molar-refractivity contribution in [1.82, 2.24) is 4.90 Å². The number of hydrogen-bond acceptors (Lipinski definition) is 4. The summed E-state index contributed by atoms with van der Waals surface area (Å²) in [5.74, 6) is -0.494. The first-order valence-electron chi connectivity index (χ1n) is 6.24. The van der Waals surface area contributed by atoms with E-state index in [0.717, 1.165) is 13.1 Å². The minimum absolute atomic E-state index is 0.0293. The molecule has 0 spiro atoms. The average molecular weight is 293 g/mol. The molecule has 1 rings (SSSR count). The summed E-state index contributed by atoms with van der Waals surface area (Å²) in [5.41, 5.74) is 6.54. The molecule has 0 unspecified atom stereocenters. The van der Waals surface area contributed by atoms with E-state index in [1.54, 1.807) is 18.3 Å². The maximum atomic E-state index is 12.0. The number of nitrogen functional groups attached to an aromatic ring is 1. The highest BCUT2D eigenvalue weighted by Gasteiger charge is 2.12. The smallest absolute Gasteiger partial charge is 0.267 e. The molecular formula is C14H17ClN4O. The van der Waals surface area contributed by atoms with Crippen molar-refractivity contribution in [3.63, 3.8) is 0 Å². The molecule has 5 nitrogen and oxygen atoms in total. The van der Waals surface area contributed by atoms with Crippen LogP contribution in [-0.4, -0.2) is 23.9 Å². The lowest BCUT2D eigenvalue weighted by atomic mass is 10.2. The average Bonchev–Trinajstić information content (AvgIpc) is 2.43. The Kier molecular flexibility index (Phi) is 5.88. The number of nitrogens with one attached hydrogen (secondary N) is 1. The monoisotopic (exact) mass is 292 g/mol. The largest absolute Gasteiger partial charge is 0.399 e. The zero-order valence-electron chi connectivity index (χ0n) is 11.5. The number of carbonyl (C=O) groups excluding carboxylic acids is 1. The molecule has 20 heavy (non-hydrogen) atoms. The van der Waals surface area contributed by atoms with E-state index >= 15 is 0 Å². The Labute approximate surface area is 123 Å². The predicted molar refractivity (Wildman–Crippen MR) is 81.1 cm³/mol. The van der Waals surface area contributed by atoms with Crippen LogP contribution in [-0.2, 0) is 4.79 Å². The predicted octanol–water partition coefficient (Wildman–Crippen LogP) is 2.61. The van der Waals surface area contributed by atoms with E-state index in [4.69, 9.17) is 22.6 Å². The van der Waals surface area contributed by atoms with Gasteiger partial charge in [-0.3, -0.25) is 4.79 Å². The highest BCUT2D eigenvalue weighted by atomic mass is 35.5. The van der Waals surface area contributed by atoms with Crippen molar-refractivity contribution in [1.29, 1.82) is 5.26 Å². The molecule has 0 atom stereocenters. The summed E-state index contributed by atoms with van der Waals surface area (Å²) >= 11 is 5.97. The van der Waals surface area contributed by atoms with Gasteiger partial charge in [-0.1, -0.05) is 11.6 Å². The van der Waals surface area contributed by atoms with Crippen molar-refractivity contribution in [2.75, 3.05) is 24.1 Å². The Morgan fingerprint density at radius 3 is 2.65 bits per heavy atom. The van der Waals surface area contributed by atoms with Gasteiger partial charge in [0.25, 0.3) is 5.91 Å². The van der Waals surface area contributed by atoms with Gasteiger partial charge < -0.3 is 16.0 Å². The highest BCUT2D eigenvalue weighted by Crippen LogP contribution is 2.24. The summed E-state index contributed by atoms with van der Waals surface area (Å²) < 4.78 is 0. The van der Waals surface area contributed by atoms with Gasteiger partial charge >= 0.3 is 0 Å². The van der Waals surface area contributed by atoms with Crippen LogP contribution in [0.1, 0.15) is 13.8 Å². The molecule has 1 aromatic carbocycles. The summed E-state index contributed by atoms with van der Waals surface area (Å²) in [4.78, 5) is 13.9. The van der Waals surface area contributed by atoms with Crippen LogP contribution in [0.2, 0.25) is 5.02 Å². The second-order valence-electron chi connectivity index (χ2n) is 4.07. The molecule has 0 aliphatic carbocycles. The fourth-order valence-electron chi connectivity index (χ4n) is 1.55. The minimum Gasteiger partial charge on any atom is -0.399 e. The lowest BCUT2D eigenvalue weighted by molar-refractivity contribution is -0.112. The van der Waals surface area contributed by atoms with E-state index in [1.165, 1.54) is 6.07 Å². The van der Waals surface area contributed by atoms with Crippen molar-refractivity contribution in [2.24, 2.45) is 0 Å². The maximum Gasteiger partial charge on any atom is 0.267 e. The number of hydrogen-bond donors (Lipinski definition) is 2. The van der Waals surface area contributed by atoms with Crippen LogP contribution in [0.25, 0.3) is 0 Å². The van der Waals surface area contributed by atoms with E-state index in [0.29, 0.717) is 16.4 Å². The summed E-state index contributed by atoms with van der Waals surface area (Å²) in [5, 5.41) is 12.0. The number of benzene rings is 1. The first-order chi connectivity index (χ1) is 9.51. The molecule has 6 heteroatoms. The summed E-state index contributed by atoms with van der Waals surface area (Å²) in [7, 11) is 0. The fraction of sp³-hybridized carbons (Fsp3) is 0.286. The molecule has 0 radical (unpaired) electrons. The van der Waals surface area contributed by atoms with E-state index in [9.17, 15) is 4.79 Å². The molecule has 0 aliphatic rings. The number of anilines is 2. The second kappa shape index (κ2) is 7.41. The number of halogens is 1. The van der Waals surface area contributed by atoms with Crippen molar-refractivity contribution in [3.8, 4) is 6.07 Å². The van der Waals surface area contributed by atoms with Crippen LogP contribution in [0.3, 0.4) is 0 Å². The second-order valence-corrected chi connectivity index (χ2v) is 4.48. The fourth-order valence-corrected chi connectivity index (χ4v) is 1.79. The zero-order chi connectivity index (χ0) is 15.1. The van der Waals surface area contributed by atoms with Gasteiger partial charge in [0.05, 0.1) is 10.7 Å². The summed E-state index contributed by atoms with van der Waals surface area (Å²) in [6.07, 6.45) is 1.54. The van der Waals surface area contributed by atoms with Crippen LogP contribution >= 0.6 is 11.6 Å². The molecule has 0 aliphatic heterocycles. The third-order valence-electron chi connectivity index (χ3n) is 2.73. The number of nitrogens with two attached hydrogens (primary N) is 1. The Hall–Kier alpha value is -2.19. The molecule has 1 amide bonds. The minimum atomic E-state index is -0.494. The van der Waals surface area contributed by atoms with E-state index in [1.807, 2.05) is 24.8 Å². The van der Waals surface area contributed by atoms with Crippen molar-refractivity contribution >= 4 is 28.9 Å². The first kappa shape index (κ1) is 15.9. The van der Waals surface area contributed by atoms with E-state index in [2.05, 4.69) is 5.32 Å². The van der Waals surface area contributed by atoms with Crippen LogP contribution in [0.4, 0.5) is 11.4 Å². The maximum absolute atomic E-state index is 12.0. The van der Waals surface area contributed by atoms with Crippen LogP contribution in [0, 0.1) is 11.3 Å². The molecule has 106 valence electrons. The molecular weight excluding hydrogens is 276 g/mol. The van der Waals surface area contributed by atoms with Crippen LogP contribution in [0.15, 0.2) is 30.0 Å². The first-order valence-corrected chi connectivity index (χ1v) is 6.61. The molecule has 0 saturated heterocycles. The van der Waals surface area contributed by atoms with Crippen LogP contribution in [0.5, 0.6) is 0 Å². The molecule has 0 saturated carbocycles.